The van der Waals surface area contributed by atoms with Gasteiger partial charge in [-0.2, -0.15) is 0 Å². The highest BCUT2D eigenvalue weighted by molar-refractivity contribution is 5.94. The van der Waals surface area contributed by atoms with Gasteiger partial charge < -0.3 is 14.8 Å². The van der Waals surface area contributed by atoms with E-state index in [-0.39, 0.29) is 12.0 Å². The first-order valence-corrected chi connectivity index (χ1v) is 8.28. The predicted octanol–water partition coefficient (Wildman–Crippen LogP) is 1.92. The zero-order valence-corrected chi connectivity index (χ0v) is 14.4. The minimum Gasteiger partial charge on any atom is -0.380 e. The number of nitrogens with zero attached hydrogens (tertiary/aromatic N) is 1. The number of carbonyl (C=O) groups excluding carboxylic acids is 1. The third-order valence-electron chi connectivity index (χ3n) is 3.86. The van der Waals surface area contributed by atoms with E-state index < -0.39 is 0 Å². The Morgan fingerprint density at radius 1 is 1.39 bits per heavy atom. The van der Waals surface area contributed by atoms with Gasteiger partial charge in [0.1, 0.15) is 0 Å². The van der Waals surface area contributed by atoms with Crippen molar-refractivity contribution in [3.05, 3.63) is 35.4 Å². The molecule has 1 aromatic carbocycles. The van der Waals surface area contributed by atoms with Crippen LogP contribution in [0.25, 0.3) is 0 Å². The van der Waals surface area contributed by atoms with Gasteiger partial charge in [-0.1, -0.05) is 26.0 Å². The molecular formula is C18H28N2O3. The van der Waals surface area contributed by atoms with Crippen LogP contribution < -0.4 is 5.32 Å². The minimum atomic E-state index is -0.0569. The number of amides is 1. The summed E-state index contributed by atoms with van der Waals surface area (Å²) in [5, 5.41) is 2.97. The van der Waals surface area contributed by atoms with Crippen molar-refractivity contribution in [1.29, 1.82) is 0 Å². The van der Waals surface area contributed by atoms with E-state index in [9.17, 15) is 4.79 Å². The first-order chi connectivity index (χ1) is 11.1. The summed E-state index contributed by atoms with van der Waals surface area (Å²) in [7, 11) is 1.66. The molecule has 5 nitrogen and oxygen atoms in total. The van der Waals surface area contributed by atoms with Gasteiger partial charge in [-0.3, -0.25) is 9.69 Å². The number of benzene rings is 1. The summed E-state index contributed by atoms with van der Waals surface area (Å²) < 4.78 is 10.8. The lowest BCUT2D eigenvalue weighted by atomic mass is 10.1. The topological polar surface area (TPSA) is 50.8 Å². The number of hydrogen-bond acceptors (Lipinski definition) is 4. The molecule has 0 spiro atoms. The second-order valence-corrected chi connectivity index (χ2v) is 6.49. The fourth-order valence-corrected chi connectivity index (χ4v) is 2.81. The standard InChI is InChI=1S/C18H28N2O3/c1-14(2)11-20-8-9-23-17(12-20)10-19-18(21)16-6-4-15(5-7-16)13-22-3/h4-7,14,17H,8-13H2,1-3H3,(H,19,21). The van der Waals surface area contributed by atoms with Crippen molar-refractivity contribution in [1.82, 2.24) is 10.2 Å². The number of nitrogens with one attached hydrogen (secondary N) is 1. The van der Waals surface area contributed by atoms with Gasteiger partial charge in [0.2, 0.25) is 0 Å². The highest BCUT2D eigenvalue weighted by atomic mass is 16.5. The number of carbonyl (C=O) groups is 1. The van der Waals surface area contributed by atoms with Crippen LogP contribution in [0.2, 0.25) is 0 Å². The van der Waals surface area contributed by atoms with Crippen LogP contribution in [0.1, 0.15) is 29.8 Å². The second kappa shape index (κ2) is 9.01. The lowest BCUT2D eigenvalue weighted by Gasteiger charge is -2.33. The van der Waals surface area contributed by atoms with Gasteiger partial charge in [0, 0.05) is 38.9 Å². The number of hydrogen-bond donors (Lipinski definition) is 1. The normalized spacial score (nSPS) is 19.0. The second-order valence-electron chi connectivity index (χ2n) is 6.49. The molecule has 1 aliphatic rings. The lowest BCUT2D eigenvalue weighted by molar-refractivity contribution is -0.0295. The van der Waals surface area contributed by atoms with Crippen LogP contribution in [0, 0.1) is 5.92 Å². The van der Waals surface area contributed by atoms with Crippen LogP contribution in [0.5, 0.6) is 0 Å². The molecular weight excluding hydrogens is 292 g/mol. The molecule has 2 rings (SSSR count). The molecule has 0 aromatic heterocycles. The van der Waals surface area contributed by atoms with E-state index in [0.29, 0.717) is 24.6 Å². The Hall–Kier alpha value is -1.43. The van der Waals surface area contributed by atoms with Gasteiger partial charge in [-0.05, 0) is 23.6 Å². The van der Waals surface area contributed by atoms with E-state index >= 15 is 0 Å². The van der Waals surface area contributed by atoms with E-state index in [1.54, 1.807) is 7.11 Å². The summed E-state index contributed by atoms with van der Waals surface area (Å²) >= 11 is 0. The maximum atomic E-state index is 12.2. The summed E-state index contributed by atoms with van der Waals surface area (Å²) in [6.45, 7) is 9.22. The third-order valence-corrected chi connectivity index (χ3v) is 3.86. The summed E-state index contributed by atoms with van der Waals surface area (Å²) in [4.78, 5) is 14.6. The first-order valence-electron chi connectivity index (χ1n) is 8.28. The molecule has 128 valence electrons. The van der Waals surface area contributed by atoms with E-state index in [1.165, 1.54) is 0 Å². The highest BCUT2D eigenvalue weighted by Gasteiger charge is 2.21. The SMILES string of the molecule is COCc1ccc(C(=O)NCC2CN(CC(C)C)CCO2)cc1. The average Bonchev–Trinajstić information content (AvgIpc) is 2.53. The van der Waals surface area contributed by atoms with Crippen molar-refractivity contribution in [2.45, 2.75) is 26.6 Å². The van der Waals surface area contributed by atoms with Gasteiger partial charge >= 0.3 is 0 Å². The highest BCUT2D eigenvalue weighted by Crippen LogP contribution is 2.09. The molecule has 0 saturated carbocycles. The molecule has 1 fully saturated rings. The Bertz CT molecular complexity index is 488. The maximum absolute atomic E-state index is 12.2. The quantitative estimate of drug-likeness (QED) is 0.834. The first kappa shape index (κ1) is 17.9. The summed E-state index contributed by atoms with van der Waals surface area (Å²) in [5.41, 5.74) is 1.73. The fraction of sp³-hybridized carbons (Fsp3) is 0.611. The molecule has 1 aromatic rings. The Morgan fingerprint density at radius 3 is 2.78 bits per heavy atom. The maximum Gasteiger partial charge on any atom is 0.251 e. The molecule has 5 heteroatoms. The number of rotatable bonds is 7. The molecule has 1 heterocycles. The summed E-state index contributed by atoms with van der Waals surface area (Å²) in [6.07, 6.45) is 0.0687. The average molecular weight is 320 g/mol. The number of methoxy groups -OCH3 is 1. The van der Waals surface area contributed by atoms with E-state index in [4.69, 9.17) is 9.47 Å². The molecule has 1 unspecified atom stereocenters. The fourth-order valence-electron chi connectivity index (χ4n) is 2.81. The van der Waals surface area contributed by atoms with Crippen molar-refractivity contribution in [3.63, 3.8) is 0 Å². The molecule has 1 amide bonds. The van der Waals surface area contributed by atoms with Crippen molar-refractivity contribution in [2.75, 3.05) is 39.9 Å². The Labute approximate surface area is 139 Å². The van der Waals surface area contributed by atoms with Crippen molar-refractivity contribution in [3.8, 4) is 0 Å². The lowest BCUT2D eigenvalue weighted by Crippen LogP contribution is -2.48. The van der Waals surface area contributed by atoms with Crippen molar-refractivity contribution < 1.29 is 14.3 Å². The zero-order valence-electron chi connectivity index (χ0n) is 14.4. The molecule has 1 aliphatic heterocycles. The van der Waals surface area contributed by atoms with E-state index in [1.807, 2.05) is 24.3 Å². The molecule has 1 saturated heterocycles. The largest absolute Gasteiger partial charge is 0.380 e. The van der Waals surface area contributed by atoms with Gasteiger partial charge in [0.05, 0.1) is 19.3 Å². The van der Waals surface area contributed by atoms with E-state index in [2.05, 4.69) is 24.1 Å². The van der Waals surface area contributed by atoms with Crippen LogP contribution in [0.3, 0.4) is 0 Å². The Morgan fingerprint density at radius 2 is 2.13 bits per heavy atom. The summed E-state index contributed by atoms with van der Waals surface area (Å²) in [6, 6.07) is 7.49. The van der Waals surface area contributed by atoms with Crippen molar-refractivity contribution >= 4 is 5.91 Å². The van der Waals surface area contributed by atoms with Crippen LogP contribution in [-0.4, -0.2) is 56.8 Å². The van der Waals surface area contributed by atoms with Gasteiger partial charge in [0.25, 0.3) is 5.91 Å². The minimum absolute atomic E-state index is 0.0569. The van der Waals surface area contributed by atoms with Crippen LogP contribution in [0.4, 0.5) is 0 Å². The van der Waals surface area contributed by atoms with E-state index in [0.717, 1.165) is 31.8 Å². The van der Waals surface area contributed by atoms with Crippen LogP contribution in [-0.2, 0) is 16.1 Å². The van der Waals surface area contributed by atoms with Gasteiger partial charge in [-0.15, -0.1) is 0 Å². The summed E-state index contributed by atoms with van der Waals surface area (Å²) in [5.74, 6) is 0.590. The van der Waals surface area contributed by atoms with Crippen molar-refractivity contribution in [2.24, 2.45) is 5.92 Å². The molecule has 23 heavy (non-hydrogen) atoms. The van der Waals surface area contributed by atoms with Gasteiger partial charge in [-0.25, -0.2) is 0 Å². The van der Waals surface area contributed by atoms with Crippen LogP contribution >= 0.6 is 0 Å². The molecule has 0 bridgehead atoms. The van der Waals surface area contributed by atoms with Gasteiger partial charge in [0.15, 0.2) is 0 Å². The number of ether oxygens (including phenoxy) is 2. The Kier molecular flexibility index (Phi) is 7.02. The molecule has 0 radical (unpaired) electrons. The number of morpholine rings is 1. The molecule has 1 atom stereocenters. The zero-order chi connectivity index (χ0) is 16.7. The Balaban J connectivity index is 1.79. The molecule has 0 aliphatic carbocycles. The third kappa shape index (κ3) is 5.94. The van der Waals surface area contributed by atoms with Crippen LogP contribution in [0.15, 0.2) is 24.3 Å². The molecule has 1 N–H and O–H groups in total. The predicted molar refractivity (Wildman–Crippen MR) is 90.5 cm³/mol. The monoisotopic (exact) mass is 320 g/mol. The smallest absolute Gasteiger partial charge is 0.251 e.